The second-order valence-electron chi connectivity index (χ2n) is 4.33. The third kappa shape index (κ3) is 4.15. The molecule has 0 atom stereocenters. The van der Waals surface area contributed by atoms with Gasteiger partial charge in [-0.15, -0.1) is 0 Å². The van der Waals surface area contributed by atoms with Crippen molar-refractivity contribution in [2.45, 2.75) is 27.7 Å². The second-order valence-corrected chi connectivity index (χ2v) is 4.33. The highest BCUT2D eigenvalue weighted by atomic mass is 15.3. The lowest BCUT2D eigenvalue weighted by molar-refractivity contribution is 0.872. The molecule has 0 amide bonds. The summed E-state index contributed by atoms with van der Waals surface area (Å²) in [7, 11) is 3.52. The van der Waals surface area contributed by atoms with Gasteiger partial charge in [0.25, 0.3) is 0 Å². The predicted molar refractivity (Wildman–Crippen MR) is 82.8 cm³/mol. The van der Waals surface area contributed by atoms with E-state index in [0.717, 1.165) is 23.1 Å². The van der Waals surface area contributed by atoms with E-state index >= 15 is 0 Å². The smallest absolute Gasteiger partial charge is 0.121 e. The van der Waals surface area contributed by atoms with Gasteiger partial charge in [0.1, 0.15) is 11.7 Å². The van der Waals surface area contributed by atoms with Crippen LogP contribution in [0.5, 0.6) is 0 Å². The maximum absolute atomic E-state index is 4.27. The normalized spacial score (nSPS) is 12.1. The Kier molecular flexibility index (Phi) is 5.83. The molecule has 0 aliphatic rings. The zero-order valence-corrected chi connectivity index (χ0v) is 13.0. The average molecular weight is 274 g/mol. The first kappa shape index (κ1) is 15.8. The lowest BCUT2D eigenvalue weighted by atomic mass is 10.4. The topological polar surface area (TPSA) is 60.4 Å². The van der Waals surface area contributed by atoms with E-state index in [0.29, 0.717) is 0 Å². The molecule has 2 rings (SSSR count). The molecule has 0 aliphatic heterocycles. The van der Waals surface area contributed by atoms with Crippen molar-refractivity contribution in [1.82, 2.24) is 19.6 Å². The van der Waals surface area contributed by atoms with Gasteiger partial charge in [-0.05, 0) is 39.8 Å². The number of aromatic nitrogens is 4. The van der Waals surface area contributed by atoms with E-state index in [1.807, 2.05) is 50.7 Å². The number of aryl methyl sites for hydroxylation is 2. The summed E-state index contributed by atoms with van der Waals surface area (Å²) in [6.07, 6.45) is 3.59. The van der Waals surface area contributed by atoms with Crippen molar-refractivity contribution in [2.75, 3.05) is 14.1 Å². The maximum atomic E-state index is 4.27. The molecular formula is C14H22N6. The van der Waals surface area contributed by atoms with Crippen LogP contribution in [0.4, 0.5) is 0 Å². The Morgan fingerprint density at radius 3 is 2.15 bits per heavy atom. The number of hydrogen-bond acceptors (Lipinski definition) is 4. The van der Waals surface area contributed by atoms with Crippen molar-refractivity contribution < 1.29 is 0 Å². The molecule has 0 N–H and O–H groups in total. The summed E-state index contributed by atoms with van der Waals surface area (Å²) in [5.41, 5.74) is 2.16. The molecule has 0 bridgehead atoms. The Bertz CT molecular complexity index is 589. The molecule has 0 saturated carbocycles. The molecule has 2 aromatic heterocycles. The molecule has 6 nitrogen and oxygen atoms in total. The molecule has 0 saturated heterocycles. The van der Waals surface area contributed by atoms with E-state index in [4.69, 9.17) is 0 Å². The molecule has 0 fully saturated rings. The highest BCUT2D eigenvalue weighted by molar-refractivity contribution is 5.81. The monoisotopic (exact) mass is 274 g/mol. The SMILES string of the molecule is CN=C(C)n1cccn1.CN=C(C)n1nc(C)cc1C. The highest BCUT2D eigenvalue weighted by Gasteiger charge is 2.01. The van der Waals surface area contributed by atoms with Crippen LogP contribution in [-0.2, 0) is 0 Å². The molecule has 2 aromatic rings. The molecule has 2 heterocycles. The van der Waals surface area contributed by atoms with Crippen molar-refractivity contribution in [1.29, 1.82) is 0 Å². The van der Waals surface area contributed by atoms with Gasteiger partial charge >= 0.3 is 0 Å². The van der Waals surface area contributed by atoms with Crippen molar-refractivity contribution in [3.63, 3.8) is 0 Å². The standard InChI is InChI=1S/C8H13N3.C6H9N3/c1-6-5-7(2)11(10-6)8(3)9-4;1-6(7-2)9-5-3-4-8-9/h5H,1-4H3;3-5H,1-2H3. The Balaban J connectivity index is 0.000000204. The van der Waals surface area contributed by atoms with Crippen molar-refractivity contribution >= 4 is 11.7 Å². The van der Waals surface area contributed by atoms with Crippen LogP contribution in [0.15, 0.2) is 34.5 Å². The van der Waals surface area contributed by atoms with Gasteiger partial charge in [0.15, 0.2) is 0 Å². The number of hydrogen-bond donors (Lipinski definition) is 0. The van der Waals surface area contributed by atoms with E-state index in [1.165, 1.54) is 0 Å². The van der Waals surface area contributed by atoms with Crippen molar-refractivity contribution in [3.8, 4) is 0 Å². The minimum atomic E-state index is 0.903. The third-order valence-electron chi connectivity index (χ3n) is 2.80. The summed E-state index contributed by atoms with van der Waals surface area (Å²) in [6, 6.07) is 3.91. The maximum Gasteiger partial charge on any atom is 0.121 e. The van der Waals surface area contributed by atoms with Gasteiger partial charge < -0.3 is 0 Å². The summed E-state index contributed by atoms with van der Waals surface area (Å²) >= 11 is 0. The Morgan fingerprint density at radius 2 is 1.75 bits per heavy atom. The van der Waals surface area contributed by atoms with E-state index in [9.17, 15) is 0 Å². The summed E-state index contributed by atoms with van der Waals surface area (Å²) in [5.74, 6) is 1.83. The average Bonchev–Trinajstić information content (AvgIpc) is 3.07. The summed E-state index contributed by atoms with van der Waals surface area (Å²) in [6.45, 7) is 7.85. The fraction of sp³-hybridized carbons (Fsp3) is 0.429. The number of rotatable bonds is 0. The van der Waals surface area contributed by atoms with E-state index in [2.05, 4.69) is 20.2 Å². The number of aliphatic imine (C=N–C) groups is 2. The van der Waals surface area contributed by atoms with Gasteiger partial charge in [-0.25, -0.2) is 9.36 Å². The van der Waals surface area contributed by atoms with Gasteiger partial charge in [0.05, 0.1) is 5.69 Å². The number of nitrogens with zero attached hydrogens (tertiary/aromatic N) is 6. The Morgan fingerprint density at radius 1 is 1.10 bits per heavy atom. The largest absolute Gasteiger partial charge is 0.274 e. The molecule has 108 valence electrons. The van der Waals surface area contributed by atoms with Crippen LogP contribution in [0, 0.1) is 13.8 Å². The minimum Gasteiger partial charge on any atom is -0.274 e. The van der Waals surface area contributed by atoms with Crippen molar-refractivity contribution in [3.05, 3.63) is 35.9 Å². The van der Waals surface area contributed by atoms with Crippen LogP contribution in [-0.4, -0.2) is 45.3 Å². The summed E-state index contributed by atoms with van der Waals surface area (Å²) < 4.78 is 3.56. The van der Waals surface area contributed by atoms with Crippen molar-refractivity contribution in [2.24, 2.45) is 9.98 Å². The molecule has 0 unspecified atom stereocenters. The van der Waals surface area contributed by atoms with Gasteiger partial charge in [0, 0.05) is 32.2 Å². The molecular weight excluding hydrogens is 252 g/mol. The van der Waals surface area contributed by atoms with E-state index in [1.54, 1.807) is 25.0 Å². The van der Waals surface area contributed by atoms with Gasteiger partial charge in [-0.2, -0.15) is 10.2 Å². The van der Waals surface area contributed by atoms with Crippen LogP contribution in [0.25, 0.3) is 0 Å². The fourth-order valence-electron chi connectivity index (χ4n) is 1.61. The zero-order chi connectivity index (χ0) is 15.1. The van der Waals surface area contributed by atoms with Gasteiger partial charge in [0.2, 0.25) is 0 Å². The highest BCUT2D eigenvalue weighted by Crippen LogP contribution is 2.01. The van der Waals surface area contributed by atoms with Crippen LogP contribution < -0.4 is 0 Å². The lowest BCUT2D eigenvalue weighted by Gasteiger charge is -2.00. The first-order chi connectivity index (χ1) is 9.49. The molecule has 0 radical (unpaired) electrons. The summed E-state index contributed by atoms with van der Waals surface area (Å²) in [4.78, 5) is 8.00. The molecule has 6 heteroatoms. The fourth-order valence-corrected chi connectivity index (χ4v) is 1.61. The van der Waals surface area contributed by atoms with Crippen LogP contribution >= 0.6 is 0 Å². The van der Waals surface area contributed by atoms with Crippen LogP contribution in [0.1, 0.15) is 25.2 Å². The Hall–Kier alpha value is -2.24. The molecule has 0 aromatic carbocycles. The molecule has 0 aliphatic carbocycles. The van der Waals surface area contributed by atoms with E-state index < -0.39 is 0 Å². The zero-order valence-electron chi connectivity index (χ0n) is 13.0. The quantitative estimate of drug-likeness (QED) is 0.546. The van der Waals surface area contributed by atoms with Crippen LogP contribution in [0.2, 0.25) is 0 Å². The molecule has 20 heavy (non-hydrogen) atoms. The first-order valence-corrected chi connectivity index (χ1v) is 6.40. The van der Waals surface area contributed by atoms with Gasteiger partial charge in [-0.3, -0.25) is 9.98 Å². The minimum absolute atomic E-state index is 0.903. The molecule has 0 spiro atoms. The first-order valence-electron chi connectivity index (χ1n) is 6.40. The third-order valence-corrected chi connectivity index (χ3v) is 2.80. The van der Waals surface area contributed by atoms with Crippen LogP contribution in [0.3, 0.4) is 0 Å². The van der Waals surface area contributed by atoms with E-state index in [-0.39, 0.29) is 0 Å². The lowest BCUT2D eigenvalue weighted by Crippen LogP contribution is -2.10. The second kappa shape index (κ2) is 7.37. The van der Waals surface area contributed by atoms with Gasteiger partial charge in [-0.1, -0.05) is 0 Å². The summed E-state index contributed by atoms with van der Waals surface area (Å²) in [5, 5.41) is 8.24. The Labute approximate surface area is 119 Å². The predicted octanol–water partition coefficient (Wildman–Crippen LogP) is 2.18.